The molecule has 0 unspecified atom stereocenters. The van der Waals surface area contributed by atoms with E-state index in [1.807, 2.05) is 0 Å². The van der Waals surface area contributed by atoms with Crippen LogP contribution in [0.5, 0.6) is 5.75 Å². The molecule has 1 N–H and O–H groups in total. The molecule has 1 aromatic heterocycles. The number of hydrogen-bond donors (Lipinski definition) is 1. The van der Waals surface area contributed by atoms with Crippen molar-refractivity contribution in [3.8, 4) is 28.8 Å². The molecule has 38 heavy (non-hydrogen) atoms. The molecule has 194 valence electrons. The average molecular weight is 588 g/mol. The van der Waals surface area contributed by atoms with Crippen molar-refractivity contribution in [2.45, 2.75) is 20.4 Å². The second-order valence-corrected chi connectivity index (χ2v) is 10.8. The monoisotopic (exact) mass is 586 g/mol. The zero-order valence-electron chi connectivity index (χ0n) is 20.4. The third kappa shape index (κ3) is 6.25. The lowest BCUT2D eigenvalue weighted by Crippen LogP contribution is -2.40. The second-order valence-electron chi connectivity index (χ2n) is 9.11. The van der Waals surface area contributed by atoms with Crippen molar-refractivity contribution >= 4 is 52.3 Å². The van der Waals surface area contributed by atoms with Crippen molar-refractivity contribution in [2.24, 2.45) is 5.41 Å². The molecule has 1 amide bonds. The molecular formula is C28H22Cl4N4O2. The van der Waals surface area contributed by atoms with Crippen LogP contribution in [0.4, 0.5) is 0 Å². The van der Waals surface area contributed by atoms with E-state index in [0.717, 1.165) is 0 Å². The molecule has 0 spiro atoms. The van der Waals surface area contributed by atoms with Gasteiger partial charge in [-0.15, -0.1) is 0 Å². The number of amides is 1. The summed E-state index contributed by atoms with van der Waals surface area (Å²) in [4.78, 5) is 13.1. The van der Waals surface area contributed by atoms with E-state index < -0.39 is 5.41 Å². The molecule has 0 fully saturated rings. The predicted octanol–water partition coefficient (Wildman–Crippen LogP) is 7.75. The van der Waals surface area contributed by atoms with Gasteiger partial charge in [-0.1, -0.05) is 58.5 Å². The van der Waals surface area contributed by atoms with Crippen molar-refractivity contribution in [3.05, 3.63) is 98.1 Å². The highest BCUT2D eigenvalue weighted by Crippen LogP contribution is 2.33. The van der Waals surface area contributed by atoms with Gasteiger partial charge in [0.2, 0.25) is 5.91 Å². The van der Waals surface area contributed by atoms with Crippen LogP contribution in [-0.2, 0) is 11.3 Å². The number of nitrogens with one attached hydrogen (secondary N) is 1. The Labute approximate surface area is 240 Å². The third-order valence-corrected chi connectivity index (χ3v) is 6.81. The van der Waals surface area contributed by atoms with Crippen molar-refractivity contribution in [1.82, 2.24) is 15.1 Å². The molecule has 6 nitrogen and oxygen atoms in total. The summed E-state index contributed by atoms with van der Waals surface area (Å²) in [6, 6.07) is 21.2. The van der Waals surface area contributed by atoms with Crippen LogP contribution in [0, 0.1) is 16.7 Å². The van der Waals surface area contributed by atoms with Gasteiger partial charge < -0.3 is 10.1 Å². The van der Waals surface area contributed by atoms with E-state index in [0.29, 0.717) is 54.0 Å². The number of nitriles is 1. The highest BCUT2D eigenvalue weighted by Gasteiger charge is 2.30. The number of aromatic nitrogens is 2. The maximum absolute atomic E-state index is 13.1. The molecule has 0 bridgehead atoms. The molecule has 0 aliphatic carbocycles. The van der Waals surface area contributed by atoms with Gasteiger partial charge in [-0.05, 0) is 68.4 Å². The molecule has 4 aromatic rings. The summed E-state index contributed by atoms with van der Waals surface area (Å²) >= 11 is 24.6. The van der Waals surface area contributed by atoms with Crippen LogP contribution in [0.3, 0.4) is 0 Å². The minimum absolute atomic E-state index is 0.0188. The molecule has 10 heteroatoms. The maximum Gasteiger partial charge on any atom is 0.229 e. The normalized spacial score (nSPS) is 11.2. The van der Waals surface area contributed by atoms with Gasteiger partial charge in [0, 0.05) is 20.6 Å². The van der Waals surface area contributed by atoms with Gasteiger partial charge in [0.25, 0.3) is 0 Å². The number of ether oxygens (including phenoxy) is 1. The molecule has 0 radical (unpaired) electrons. The lowest BCUT2D eigenvalue weighted by atomic mass is 9.93. The summed E-state index contributed by atoms with van der Waals surface area (Å²) in [5.74, 6) is 0.343. The fourth-order valence-corrected chi connectivity index (χ4v) is 4.41. The standard InChI is InChI=1S/C28H22Cl4N4O2/c1-28(2,16-38-21-10-7-19(30)8-11-21)27(37)34-15-24-22(14-33)26(17-3-5-18(29)6-4-17)36(35-24)25-12-9-20(31)13-23(25)32/h3-13H,15-16H2,1-2H3,(H,34,37). The van der Waals surface area contributed by atoms with Gasteiger partial charge in [-0.2, -0.15) is 10.4 Å². The van der Waals surface area contributed by atoms with Crippen molar-refractivity contribution < 1.29 is 9.53 Å². The zero-order chi connectivity index (χ0) is 27.4. The lowest BCUT2D eigenvalue weighted by Gasteiger charge is -2.23. The predicted molar refractivity (Wildman–Crippen MR) is 151 cm³/mol. The molecule has 4 rings (SSSR count). The van der Waals surface area contributed by atoms with Crippen LogP contribution in [0.25, 0.3) is 16.9 Å². The molecule has 0 saturated heterocycles. The molecule has 3 aromatic carbocycles. The molecule has 1 heterocycles. The first-order valence-electron chi connectivity index (χ1n) is 11.5. The van der Waals surface area contributed by atoms with Crippen LogP contribution in [-0.4, -0.2) is 22.3 Å². The van der Waals surface area contributed by atoms with Gasteiger partial charge in [-0.25, -0.2) is 4.68 Å². The molecule has 0 atom stereocenters. The van der Waals surface area contributed by atoms with E-state index in [-0.39, 0.29) is 19.1 Å². The summed E-state index contributed by atoms with van der Waals surface area (Å²) in [6.07, 6.45) is 0. The number of nitrogens with zero attached hydrogens (tertiary/aromatic N) is 3. The van der Waals surface area contributed by atoms with Crippen LogP contribution < -0.4 is 10.1 Å². The summed E-state index contributed by atoms with van der Waals surface area (Å²) in [6.45, 7) is 3.70. The third-order valence-electron chi connectivity index (χ3n) is 5.77. The van der Waals surface area contributed by atoms with Crippen molar-refractivity contribution in [3.63, 3.8) is 0 Å². The summed E-state index contributed by atoms with van der Waals surface area (Å²) < 4.78 is 7.37. The Morgan fingerprint density at radius 2 is 1.58 bits per heavy atom. The Hall–Kier alpha value is -3.21. The van der Waals surface area contributed by atoms with E-state index in [1.54, 1.807) is 85.3 Å². The topological polar surface area (TPSA) is 79.9 Å². The van der Waals surface area contributed by atoms with Crippen LogP contribution >= 0.6 is 46.4 Å². The van der Waals surface area contributed by atoms with Crippen LogP contribution in [0.15, 0.2) is 66.7 Å². The Morgan fingerprint density at radius 1 is 0.974 bits per heavy atom. The van der Waals surface area contributed by atoms with E-state index in [1.165, 1.54) is 0 Å². The van der Waals surface area contributed by atoms with E-state index >= 15 is 0 Å². The van der Waals surface area contributed by atoms with E-state index in [9.17, 15) is 10.1 Å². The van der Waals surface area contributed by atoms with Crippen LogP contribution in [0.2, 0.25) is 20.1 Å². The minimum Gasteiger partial charge on any atom is -0.492 e. The SMILES string of the molecule is CC(C)(COc1ccc(Cl)cc1)C(=O)NCc1nn(-c2ccc(Cl)cc2Cl)c(-c2ccc(Cl)cc2)c1C#N. The number of carbonyl (C=O) groups excluding carboxylic acids is 1. The number of rotatable bonds is 8. The Bertz CT molecular complexity index is 1510. The molecule has 0 saturated carbocycles. The lowest BCUT2D eigenvalue weighted by molar-refractivity contribution is -0.131. The van der Waals surface area contributed by atoms with Crippen molar-refractivity contribution in [1.29, 1.82) is 5.26 Å². The van der Waals surface area contributed by atoms with E-state index in [4.69, 9.17) is 51.1 Å². The fraction of sp³-hybridized carbons (Fsp3) is 0.179. The number of hydrogen-bond acceptors (Lipinski definition) is 4. The first-order chi connectivity index (χ1) is 18.1. The Kier molecular flexibility index (Phi) is 8.54. The average Bonchev–Trinajstić information content (AvgIpc) is 3.25. The molecular weight excluding hydrogens is 566 g/mol. The summed E-state index contributed by atoms with van der Waals surface area (Å²) in [5.41, 5.74) is 1.57. The highest BCUT2D eigenvalue weighted by molar-refractivity contribution is 6.35. The van der Waals surface area contributed by atoms with Gasteiger partial charge in [-0.3, -0.25) is 4.79 Å². The zero-order valence-corrected chi connectivity index (χ0v) is 23.5. The first-order valence-corrected chi connectivity index (χ1v) is 13.0. The number of benzene rings is 3. The summed E-state index contributed by atoms with van der Waals surface area (Å²) in [5, 5.41) is 19.7. The quantitative estimate of drug-likeness (QED) is 0.228. The molecule has 0 aliphatic rings. The van der Waals surface area contributed by atoms with Crippen LogP contribution in [0.1, 0.15) is 25.1 Å². The fourth-order valence-electron chi connectivity index (χ4n) is 3.67. The first kappa shape index (κ1) is 27.8. The summed E-state index contributed by atoms with van der Waals surface area (Å²) in [7, 11) is 0. The minimum atomic E-state index is -0.868. The van der Waals surface area contributed by atoms with Gasteiger partial charge in [0.1, 0.15) is 29.7 Å². The van der Waals surface area contributed by atoms with E-state index in [2.05, 4.69) is 16.5 Å². The molecule has 0 aliphatic heterocycles. The smallest absolute Gasteiger partial charge is 0.229 e. The maximum atomic E-state index is 13.1. The number of halogens is 4. The number of carbonyl (C=O) groups is 1. The second kappa shape index (κ2) is 11.7. The Balaban J connectivity index is 1.62. The van der Waals surface area contributed by atoms with Gasteiger partial charge in [0.05, 0.1) is 28.4 Å². The largest absolute Gasteiger partial charge is 0.492 e. The van der Waals surface area contributed by atoms with Gasteiger partial charge in [0.15, 0.2) is 0 Å². The Morgan fingerprint density at radius 3 is 2.18 bits per heavy atom. The van der Waals surface area contributed by atoms with Crippen molar-refractivity contribution in [2.75, 3.05) is 6.61 Å². The highest BCUT2D eigenvalue weighted by atomic mass is 35.5. The van der Waals surface area contributed by atoms with Gasteiger partial charge >= 0.3 is 0 Å².